The molecular formula is C23H15ClFN3O2. The van der Waals surface area contributed by atoms with Gasteiger partial charge in [0.2, 0.25) is 5.89 Å². The first kappa shape index (κ1) is 18.5. The monoisotopic (exact) mass is 419 g/mol. The Labute approximate surface area is 175 Å². The van der Waals surface area contributed by atoms with Gasteiger partial charge in [-0.1, -0.05) is 48.0 Å². The third-order valence-corrected chi connectivity index (χ3v) is 5.39. The molecule has 0 aliphatic rings. The molecule has 3 aromatic heterocycles. The first-order valence-electron chi connectivity index (χ1n) is 9.22. The smallest absolute Gasteiger partial charge is 0.227 e. The molecule has 5 aromatic rings. The summed E-state index contributed by atoms with van der Waals surface area (Å²) < 4.78 is 19.6. The van der Waals surface area contributed by atoms with Crippen LogP contribution in [0.2, 0.25) is 5.02 Å². The van der Waals surface area contributed by atoms with Gasteiger partial charge in [-0.05, 0) is 23.3 Å². The summed E-state index contributed by atoms with van der Waals surface area (Å²) in [5, 5.41) is 11.6. The van der Waals surface area contributed by atoms with Gasteiger partial charge in [-0.2, -0.15) is 0 Å². The van der Waals surface area contributed by atoms with Gasteiger partial charge in [0.15, 0.2) is 6.10 Å². The van der Waals surface area contributed by atoms with Crippen LogP contribution in [0.15, 0.2) is 77.8 Å². The number of halogens is 2. The highest BCUT2D eigenvalue weighted by Crippen LogP contribution is 2.39. The van der Waals surface area contributed by atoms with Gasteiger partial charge < -0.3 is 14.5 Å². The molecule has 0 spiro atoms. The number of aromatic nitrogens is 3. The van der Waals surface area contributed by atoms with E-state index in [4.69, 9.17) is 16.0 Å². The molecule has 0 bridgehead atoms. The standard InChI is InChI=1S/C23H15ClFN3O2/c24-20-16(13-4-3-5-14(10-13)21(29)23-26-8-9-30-23)11-27-22-19(20)17(12-28-22)15-6-1-2-7-18(15)25/h1-12,21,29H,(H,27,28). The molecule has 0 fully saturated rings. The number of aliphatic hydroxyl groups is 1. The maximum Gasteiger partial charge on any atom is 0.227 e. The molecule has 1 atom stereocenters. The van der Waals surface area contributed by atoms with Crippen LogP contribution in [0.1, 0.15) is 17.6 Å². The van der Waals surface area contributed by atoms with Crippen LogP contribution >= 0.6 is 11.6 Å². The van der Waals surface area contributed by atoms with Crippen LogP contribution in [-0.4, -0.2) is 20.1 Å². The number of aliphatic hydroxyl groups excluding tert-OH is 1. The van der Waals surface area contributed by atoms with Gasteiger partial charge in [-0.25, -0.2) is 14.4 Å². The van der Waals surface area contributed by atoms with Crippen molar-refractivity contribution in [2.45, 2.75) is 6.10 Å². The molecule has 5 rings (SSSR count). The van der Waals surface area contributed by atoms with Gasteiger partial charge in [0, 0.05) is 34.5 Å². The molecule has 3 heterocycles. The number of fused-ring (bicyclic) bond motifs is 1. The van der Waals surface area contributed by atoms with E-state index in [1.54, 1.807) is 42.7 Å². The minimum absolute atomic E-state index is 0.208. The van der Waals surface area contributed by atoms with Crippen molar-refractivity contribution in [2.24, 2.45) is 0 Å². The molecule has 2 N–H and O–H groups in total. The highest BCUT2D eigenvalue weighted by Gasteiger charge is 2.19. The topological polar surface area (TPSA) is 74.9 Å². The predicted octanol–water partition coefficient (Wildman–Crippen LogP) is 5.76. The fraction of sp³-hybridized carbons (Fsp3) is 0.0435. The van der Waals surface area contributed by atoms with Crippen molar-refractivity contribution in [3.05, 3.63) is 95.7 Å². The molecule has 7 heteroatoms. The minimum atomic E-state index is -1.00. The zero-order valence-corrected chi connectivity index (χ0v) is 16.3. The molecule has 0 aliphatic heterocycles. The number of nitrogens with zero attached hydrogens (tertiary/aromatic N) is 2. The van der Waals surface area contributed by atoms with E-state index in [1.807, 2.05) is 12.1 Å². The van der Waals surface area contributed by atoms with Gasteiger partial charge in [0.1, 0.15) is 17.7 Å². The minimum Gasteiger partial charge on any atom is -0.446 e. The molecule has 0 saturated carbocycles. The average Bonchev–Trinajstić information content (AvgIpc) is 3.45. The molecule has 0 radical (unpaired) electrons. The van der Waals surface area contributed by atoms with E-state index in [0.717, 1.165) is 5.56 Å². The van der Waals surface area contributed by atoms with Crippen LogP contribution in [-0.2, 0) is 0 Å². The van der Waals surface area contributed by atoms with Crippen molar-refractivity contribution in [3.63, 3.8) is 0 Å². The number of hydrogen-bond donors (Lipinski definition) is 2. The Balaban J connectivity index is 1.64. The summed E-state index contributed by atoms with van der Waals surface area (Å²) in [5.41, 5.74) is 3.68. The Kier molecular flexibility index (Phi) is 4.58. The van der Waals surface area contributed by atoms with Crippen molar-refractivity contribution in [1.29, 1.82) is 0 Å². The van der Waals surface area contributed by atoms with E-state index in [1.165, 1.54) is 18.5 Å². The second kappa shape index (κ2) is 7.40. The number of pyridine rings is 1. The number of nitrogens with one attached hydrogen (secondary N) is 1. The van der Waals surface area contributed by atoms with Gasteiger partial charge in [-0.15, -0.1) is 0 Å². The zero-order valence-electron chi connectivity index (χ0n) is 15.5. The number of benzene rings is 2. The van der Waals surface area contributed by atoms with E-state index in [2.05, 4.69) is 15.0 Å². The molecular weight excluding hydrogens is 405 g/mol. The molecule has 0 aliphatic carbocycles. The molecule has 2 aromatic carbocycles. The Morgan fingerprint density at radius 1 is 1.03 bits per heavy atom. The molecule has 5 nitrogen and oxygen atoms in total. The number of rotatable bonds is 4. The summed E-state index contributed by atoms with van der Waals surface area (Å²) in [5.74, 6) is -0.129. The Morgan fingerprint density at radius 3 is 2.70 bits per heavy atom. The third kappa shape index (κ3) is 3.07. The lowest BCUT2D eigenvalue weighted by molar-refractivity contribution is 0.182. The quantitative estimate of drug-likeness (QED) is 0.388. The van der Waals surface area contributed by atoms with E-state index in [9.17, 15) is 9.50 Å². The van der Waals surface area contributed by atoms with Crippen LogP contribution in [0.4, 0.5) is 4.39 Å². The summed E-state index contributed by atoms with van der Waals surface area (Å²) in [6.45, 7) is 0. The Bertz CT molecular complexity index is 1350. The van der Waals surface area contributed by atoms with Crippen LogP contribution in [0.3, 0.4) is 0 Å². The van der Waals surface area contributed by atoms with E-state index in [0.29, 0.717) is 38.3 Å². The first-order chi connectivity index (χ1) is 14.6. The Morgan fingerprint density at radius 2 is 1.90 bits per heavy atom. The lowest BCUT2D eigenvalue weighted by Gasteiger charge is -2.11. The van der Waals surface area contributed by atoms with Crippen molar-refractivity contribution < 1.29 is 13.9 Å². The lowest BCUT2D eigenvalue weighted by atomic mass is 9.99. The van der Waals surface area contributed by atoms with Gasteiger partial charge in [0.05, 0.1) is 11.2 Å². The van der Waals surface area contributed by atoms with E-state index in [-0.39, 0.29) is 11.7 Å². The SMILES string of the molecule is OC(c1cccc(-c2cnc3[nH]cc(-c4ccccc4F)c3c2Cl)c1)c1ncco1. The molecule has 0 amide bonds. The van der Waals surface area contributed by atoms with E-state index >= 15 is 0 Å². The van der Waals surface area contributed by atoms with Crippen LogP contribution in [0.5, 0.6) is 0 Å². The second-order valence-corrected chi connectivity index (χ2v) is 7.17. The van der Waals surface area contributed by atoms with Crippen molar-refractivity contribution in [1.82, 2.24) is 15.0 Å². The molecule has 1 unspecified atom stereocenters. The average molecular weight is 420 g/mol. The molecule has 0 saturated heterocycles. The zero-order chi connectivity index (χ0) is 20.7. The van der Waals surface area contributed by atoms with Gasteiger partial charge >= 0.3 is 0 Å². The normalized spacial score (nSPS) is 12.4. The van der Waals surface area contributed by atoms with Gasteiger partial charge in [-0.3, -0.25) is 0 Å². The molecule has 148 valence electrons. The van der Waals surface area contributed by atoms with Gasteiger partial charge in [0.25, 0.3) is 0 Å². The van der Waals surface area contributed by atoms with Crippen LogP contribution in [0.25, 0.3) is 33.3 Å². The molecule has 30 heavy (non-hydrogen) atoms. The van der Waals surface area contributed by atoms with Crippen LogP contribution < -0.4 is 0 Å². The van der Waals surface area contributed by atoms with Crippen molar-refractivity contribution in [2.75, 3.05) is 0 Å². The summed E-state index contributed by atoms with van der Waals surface area (Å²) in [6.07, 6.45) is 5.24. The maximum atomic E-state index is 14.4. The number of hydrogen-bond acceptors (Lipinski definition) is 4. The third-order valence-electron chi connectivity index (χ3n) is 5.00. The fourth-order valence-corrected chi connectivity index (χ4v) is 3.89. The number of oxazole rings is 1. The van der Waals surface area contributed by atoms with Crippen molar-refractivity contribution >= 4 is 22.6 Å². The first-order valence-corrected chi connectivity index (χ1v) is 9.59. The van der Waals surface area contributed by atoms with E-state index < -0.39 is 6.10 Å². The summed E-state index contributed by atoms with van der Waals surface area (Å²) in [4.78, 5) is 11.5. The lowest BCUT2D eigenvalue weighted by Crippen LogP contribution is -2.00. The second-order valence-electron chi connectivity index (χ2n) is 6.79. The number of aromatic amines is 1. The van der Waals surface area contributed by atoms with Crippen molar-refractivity contribution in [3.8, 4) is 22.3 Å². The predicted molar refractivity (Wildman–Crippen MR) is 112 cm³/mol. The van der Waals surface area contributed by atoms with Crippen LogP contribution in [0, 0.1) is 5.82 Å². The summed E-state index contributed by atoms with van der Waals surface area (Å²) in [7, 11) is 0. The maximum absolute atomic E-state index is 14.4. The highest BCUT2D eigenvalue weighted by molar-refractivity contribution is 6.39. The summed E-state index contributed by atoms with van der Waals surface area (Å²) >= 11 is 6.78. The Hall–Kier alpha value is -3.48. The summed E-state index contributed by atoms with van der Waals surface area (Å²) in [6, 6.07) is 13.8. The number of H-pyrrole nitrogens is 1. The largest absolute Gasteiger partial charge is 0.446 e. The fourth-order valence-electron chi connectivity index (χ4n) is 3.54. The highest BCUT2D eigenvalue weighted by atomic mass is 35.5.